The van der Waals surface area contributed by atoms with E-state index in [2.05, 4.69) is 0 Å². The number of halogens is 1. The van der Waals surface area contributed by atoms with Crippen molar-refractivity contribution >= 4 is 28.6 Å². The lowest BCUT2D eigenvalue weighted by atomic mass is 10.1. The third-order valence-corrected chi connectivity index (χ3v) is 3.77. The van der Waals surface area contributed by atoms with Gasteiger partial charge in [0.2, 0.25) is 0 Å². The van der Waals surface area contributed by atoms with E-state index in [9.17, 15) is 0 Å². The van der Waals surface area contributed by atoms with Crippen molar-refractivity contribution in [1.82, 2.24) is 0 Å². The molecule has 2 rings (SSSR count). The molecule has 0 aliphatic rings. The number of aryl methyl sites for hydroxylation is 2. The van der Waals surface area contributed by atoms with Gasteiger partial charge in [-0.15, -0.1) is 11.3 Å². The second-order valence-corrected chi connectivity index (χ2v) is 5.77. The van der Waals surface area contributed by atoms with Crippen molar-refractivity contribution in [2.24, 2.45) is 0 Å². The van der Waals surface area contributed by atoms with E-state index in [-0.39, 0.29) is 0 Å². The Labute approximate surface area is 110 Å². The monoisotopic (exact) mass is 267 g/mol. The molecule has 0 unspecified atom stereocenters. The van der Waals surface area contributed by atoms with E-state index in [0.717, 1.165) is 31.8 Å². The van der Waals surface area contributed by atoms with Gasteiger partial charge in [-0.25, -0.2) is 0 Å². The molecule has 2 N–H and O–H groups in total. The van der Waals surface area contributed by atoms with Crippen molar-refractivity contribution in [1.29, 1.82) is 0 Å². The van der Waals surface area contributed by atoms with E-state index in [4.69, 9.17) is 22.1 Å². The van der Waals surface area contributed by atoms with E-state index >= 15 is 0 Å². The number of thiophene rings is 1. The number of anilines is 1. The molecule has 0 aliphatic carbocycles. The van der Waals surface area contributed by atoms with Crippen molar-refractivity contribution in [2.45, 2.75) is 20.5 Å². The third kappa shape index (κ3) is 2.93. The molecule has 0 saturated carbocycles. The van der Waals surface area contributed by atoms with Gasteiger partial charge in [-0.3, -0.25) is 0 Å². The van der Waals surface area contributed by atoms with Crippen LogP contribution < -0.4 is 10.5 Å². The van der Waals surface area contributed by atoms with Crippen LogP contribution in [0.1, 0.15) is 16.0 Å². The molecule has 2 aromatic rings. The molecular formula is C13H14ClNOS. The fourth-order valence-electron chi connectivity index (χ4n) is 1.55. The highest BCUT2D eigenvalue weighted by atomic mass is 35.5. The number of benzene rings is 1. The van der Waals surface area contributed by atoms with Gasteiger partial charge < -0.3 is 10.5 Å². The molecule has 2 nitrogen and oxygen atoms in total. The minimum atomic E-state index is 0.543. The summed E-state index contributed by atoms with van der Waals surface area (Å²) in [5.74, 6) is 0.876. The number of nitrogen functional groups attached to an aromatic ring is 1. The zero-order chi connectivity index (χ0) is 12.4. The molecule has 90 valence electrons. The van der Waals surface area contributed by atoms with Crippen molar-refractivity contribution in [3.8, 4) is 5.75 Å². The molecular weight excluding hydrogens is 254 g/mol. The Kier molecular flexibility index (Phi) is 3.60. The normalized spacial score (nSPS) is 10.5. The average Bonchev–Trinajstić information content (AvgIpc) is 2.68. The number of nitrogens with two attached hydrogens (primary N) is 1. The Morgan fingerprint density at radius 3 is 2.65 bits per heavy atom. The second kappa shape index (κ2) is 4.98. The molecule has 1 aromatic heterocycles. The summed E-state index contributed by atoms with van der Waals surface area (Å²) in [6.45, 7) is 4.51. The summed E-state index contributed by atoms with van der Waals surface area (Å²) in [5, 5.41) is 0. The van der Waals surface area contributed by atoms with E-state index in [0.29, 0.717) is 6.61 Å². The van der Waals surface area contributed by atoms with E-state index < -0.39 is 0 Å². The van der Waals surface area contributed by atoms with Crippen LogP contribution in [0.25, 0.3) is 0 Å². The first-order chi connectivity index (χ1) is 8.06. The summed E-state index contributed by atoms with van der Waals surface area (Å²) in [5.41, 5.74) is 8.72. The van der Waals surface area contributed by atoms with Gasteiger partial charge >= 0.3 is 0 Å². The fraction of sp³-hybridized carbons (Fsp3) is 0.231. The lowest BCUT2D eigenvalue weighted by Gasteiger charge is -2.10. The molecule has 0 bridgehead atoms. The first-order valence-corrected chi connectivity index (χ1v) is 6.49. The summed E-state index contributed by atoms with van der Waals surface area (Å²) in [6.07, 6.45) is 0. The maximum absolute atomic E-state index is 5.87. The topological polar surface area (TPSA) is 35.2 Å². The number of hydrogen-bond acceptors (Lipinski definition) is 3. The van der Waals surface area contributed by atoms with Crippen molar-refractivity contribution < 1.29 is 4.74 Å². The highest BCUT2D eigenvalue weighted by Crippen LogP contribution is 2.27. The smallest absolute Gasteiger partial charge is 0.123 e. The van der Waals surface area contributed by atoms with Crippen LogP contribution in [0.4, 0.5) is 5.69 Å². The average molecular weight is 268 g/mol. The van der Waals surface area contributed by atoms with Crippen LogP contribution in [0.15, 0.2) is 24.3 Å². The van der Waals surface area contributed by atoms with Gasteiger partial charge in [-0.2, -0.15) is 0 Å². The van der Waals surface area contributed by atoms with Gasteiger partial charge in [0.1, 0.15) is 12.4 Å². The molecule has 0 radical (unpaired) electrons. The van der Waals surface area contributed by atoms with Crippen LogP contribution in [0.2, 0.25) is 4.34 Å². The van der Waals surface area contributed by atoms with Crippen LogP contribution in [-0.2, 0) is 6.61 Å². The van der Waals surface area contributed by atoms with Crippen molar-refractivity contribution in [3.05, 3.63) is 44.6 Å². The molecule has 17 heavy (non-hydrogen) atoms. The predicted octanol–water partition coefficient (Wildman–Crippen LogP) is 4.18. The Bertz CT molecular complexity index is 536. The van der Waals surface area contributed by atoms with Gasteiger partial charge in [0, 0.05) is 10.6 Å². The summed E-state index contributed by atoms with van der Waals surface area (Å²) in [6, 6.07) is 7.77. The molecule has 1 aromatic carbocycles. The number of ether oxygens (including phenoxy) is 1. The molecule has 4 heteroatoms. The van der Waals surface area contributed by atoms with Crippen molar-refractivity contribution in [3.63, 3.8) is 0 Å². The Morgan fingerprint density at radius 2 is 2.00 bits per heavy atom. The molecule has 1 heterocycles. The number of rotatable bonds is 3. The molecule has 0 spiro atoms. The van der Waals surface area contributed by atoms with Crippen LogP contribution >= 0.6 is 22.9 Å². The molecule has 0 saturated heterocycles. The lowest BCUT2D eigenvalue weighted by molar-refractivity contribution is 0.307. The Hall–Kier alpha value is -1.19. The molecule has 0 amide bonds. The summed E-state index contributed by atoms with van der Waals surface area (Å²) in [4.78, 5) is 1.11. The molecule has 0 atom stereocenters. The second-order valence-electron chi connectivity index (χ2n) is 3.97. The van der Waals surface area contributed by atoms with Gasteiger partial charge in [-0.1, -0.05) is 11.6 Å². The van der Waals surface area contributed by atoms with Gasteiger partial charge in [0.15, 0.2) is 0 Å². The predicted molar refractivity (Wildman–Crippen MR) is 74.0 cm³/mol. The summed E-state index contributed by atoms with van der Waals surface area (Å²) in [7, 11) is 0. The standard InChI is InChI=1S/C13H14ClNOS/c1-8-6-12(9(2)5-11(8)15)16-7-10-3-4-13(14)17-10/h3-6H,7,15H2,1-2H3. The van der Waals surface area contributed by atoms with E-state index in [1.54, 1.807) is 0 Å². The first kappa shape index (κ1) is 12.3. The first-order valence-electron chi connectivity index (χ1n) is 5.30. The number of hydrogen-bond donors (Lipinski definition) is 1. The minimum absolute atomic E-state index is 0.543. The largest absolute Gasteiger partial charge is 0.488 e. The summed E-state index contributed by atoms with van der Waals surface area (Å²) >= 11 is 7.40. The van der Waals surface area contributed by atoms with Gasteiger partial charge in [0.05, 0.1) is 4.34 Å². The van der Waals surface area contributed by atoms with Crippen LogP contribution in [-0.4, -0.2) is 0 Å². The SMILES string of the molecule is Cc1cc(OCc2ccc(Cl)s2)c(C)cc1N. The summed E-state index contributed by atoms with van der Waals surface area (Å²) < 4.78 is 6.55. The maximum Gasteiger partial charge on any atom is 0.123 e. The zero-order valence-electron chi connectivity index (χ0n) is 9.79. The van der Waals surface area contributed by atoms with E-state index in [1.807, 2.05) is 38.1 Å². The lowest BCUT2D eigenvalue weighted by Crippen LogP contribution is -1.98. The van der Waals surface area contributed by atoms with Gasteiger partial charge in [-0.05, 0) is 49.2 Å². The Balaban J connectivity index is 2.11. The molecule has 0 fully saturated rings. The highest BCUT2D eigenvalue weighted by molar-refractivity contribution is 7.16. The fourth-order valence-corrected chi connectivity index (χ4v) is 2.55. The highest BCUT2D eigenvalue weighted by Gasteiger charge is 2.05. The van der Waals surface area contributed by atoms with E-state index in [1.165, 1.54) is 11.3 Å². The van der Waals surface area contributed by atoms with Gasteiger partial charge in [0.25, 0.3) is 0 Å². The third-order valence-electron chi connectivity index (χ3n) is 2.56. The molecule has 0 aliphatic heterocycles. The van der Waals surface area contributed by atoms with Crippen molar-refractivity contribution in [2.75, 3.05) is 5.73 Å². The van der Waals surface area contributed by atoms with Crippen LogP contribution in [0, 0.1) is 13.8 Å². The van der Waals surface area contributed by atoms with Crippen LogP contribution in [0.3, 0.4) is 0 Å². The Morgan fingerprint density at radius 1 is 1.24 bits per heavy atom. The minimum Gasteiger partial charge on any atom is -0.488 e. The quantitative estimate of drug-likeness (QED) is 0.847. The zero-order valence-corrected chi connectivity index (χ0v) is 11.4. The van der Waals surface area contributed by atoms with Crippen LogP contribution in [0.5, 0.6) is 5.75 Å². The maximum atomic E-state index is 5.87.